The topological polar surface area (TPSA) is 118 Å². The number of phenolic OH excluding ortho intramolecular Hbond substituents is 1. The van der Waals surface area contributed by atoms with Crippen molar-refractivity contribution < 1.29 is 28.9 Å². The van der Waals surface area contributed by atoms with Crippen LogP contribution in [-0.4, -0.2) is 42.2 Å². The number of halogens is 1. The van der Waals surface area contributed by atoms with Crippen LogP contribution in [0.25, 0.3) is 0 Å². The van der Waals surface area contributed by atoms with Crippen molar-refractivity contribution in [1.82, 2.24) is 0 Å². The van der Waals surface area contributed by atoms with E-state index in [0.29, 0.717) is 23.4 Å². The van der Waals surface area contributed by atoms with Crippen LogP contribution >= 0.6 is 35.2 Å². The van der Waals surface area contributed by atoms with Gasteiger partial charge in [-0.05, 0) is 72.0 Å². The standard InChI is InChI=1S/C22H23IN2O6S/c1-2-29-19(9-10-30-20(27)13-32)21(17-11-15(23)5-8-18(17)26)31-22(28)25-16-6-3-14(12-24)4-7-16/h3-8,11,19,21,26,32H,2,9-10,13H2,1H3,(H,25,28)/t19-,21-/m0/s1. The first-order chi connectivity index (χ1) is 15.4. The van der Waals surface area contributed by atoms with Crippen molar-refractivity contribution >= 4 is 53.0 Å². The van der Waals surface area contributed by atoms with Crippen LogP contribution in [0.3, 0.4) is 0 Å². The lowest BCUT2D eigenvalue weighted by atomic mass is 10.0. The van der Waals surface area contributed by atoms with Crippen molar-refractivity contribution in [3.05, 3.63) is 57.2 Å². The van der Waals surface area contributed by atoms with Crippen LogP contribution in [0.5, 0.6) is 5.75 Å². The third-order valence-electron chi connectivity index (χ3n) is 4.30. The first-order valence-corrected chi connectivity index (χ1v) is 11.4. The Morgan fingerprint density at radius 1 is 1.25 bits per heavy atom. The van der Waals surface area contributed by atoms with Crippen LogP contribution in [-0.2, 0) is 19.0 Å². The number of nitriles is 1. The number of ether oxygens (including phenoxy) is 3. The Hall–Kier alpha value is -2.49. The quantitative estimate of drug-likeness (QED) is 0.220. The summed E-state index contributed by atoms with van der Waals surface area (Å²) in [6.07, 6.45) is -2.20. The summed E-state index contributed by atoms with van der Waals surface area (Å²) in [4.78, 5) is 24.1. The Labute approximate surface area is 205 Å². The number of hydrogen-bond donors (Lipinski definition) is 3. The molecule has 0 aliphatic heterocycles. The van der Waals surface area contributed by atoms with E-state index in [0.717, 1.165) is 3.57 Å². The molecule has 0 heterocycles. The summed E-state index contributed by atoms with van der Waals surface area (Å²) in [5.41, 5.74) is 1.26. The molecule has 2 N–H and O–H groups in total. The maximum atomic E-state index is 12.7. The molecular weight excluding hydrogens is 547 g/mol. The molecule has 0 aliphatic rings. The van der Waals surface area contributed by atoms with Crippen molar-refractivity contribution in [2.45, 2.75) is 25.6 Å². The van der Waals surface area contributed by atoms with Crippen molar-refractivity contribution in [3.63, 3.8) is 0 Å². The molecule has 0 saturated carbocycles. The van der Waals surface area contributed by atoms with Crippen LogP contribution in [0.1, 0.15) is 30.6 Å². The third-order valence-corrected chi connectivity index (χ3v) is 5.23. The van der Waals surface area contributed by atoms with Crippen molar-refractivity contribution in [2.24, 2.45) is 0 Å². The number of nitrogens with zero attached hydrogens (tertiary/aromatic N) is 1. The molecule has 2 rings (SSSR count). The highest BCUT2D eigenvalue weighted by Gasteiger charge is 2.30. The molecule has 0 saturated heterocycles. The normalized spacial score (nSPS) is 12.3. The van der Waals surface area contributed by atoms with E-state index in [-0.39, 0.29) is 24.5 Å². The maximum absolute atomic E-state index is 12.7. The highest BCUT2D eigenvalue weighted by atomic mass is 127. The van der Waals surface area contributed by atoms with E-state index in [9.17, 15) is 14.7 Å². The lowest BCUT2D eigenvalue weighted by Gasteiger charge is -2.28. The van der Waals surface area contributed by atoms with E-state index in [1.807, 2.05) is 6.07 Å². The van der Waals surface area contributed by atoms with Crippen molar-refractivity contribution in [2.75, 3.05) is 24.3 Å². The number of amides is 1. The molecule has 10 heteroatoms. The predicted molar refractivity (Wildman–Crippen MR) is 130 cm³/mol. The van der Waals surface area contributed by atoms with Crippen LogP contribution < -0.4 is 5.32 Å². The summed E-state index contributed by atoms with van der Waals surface area (Å²) in [7, 11) is 0. The largest absolute Gasteiger partial charge is 0.508 e. The second-order valence-electron chi connectivity index (χ2n) is 6.50. The lowest BCUT2D eigenvalue weighted by Crippen LogP contribution is -2.30. The zero-order valence-electron chi connectivity index (χ0n) is 17.3. The number of esters is 1. The summed E-state index contributed by atoms with van der Waals surface area (Å²) in [5.74, 6) is -0.584. The van der Waals surface area contributed by atoms with Crippen molar-refractivity contribution in [3.8, 4) is 11.8 Å². The number of carbonyl (C=O) groups is 2. The molecule has 1 amide bonds. The van der Waals surface area contributed by atoms with E-state index in [2.05, 4.69) is 40.5 Å². The molecule has 32 heavy (non-hydrogen) atoms. The molecule has 0 spiro atoms. The molecule has 0 radical (unpaired) electrons. The zero-order chi connectivity index (χ0) is 23.5. The monoisotopic (exact) mass is 570 g/mol. The van der Waals surface area contributed by atoms with Gasteiger partial charge >= 0.3 is 12.1 Å². The third kappa shape index (κ3) is 7.89. The fourth-order valence-corrected chi connectivity index (χ4v) is 3.46. The van der Waals surface area contributed by atoms with Gasteiger partial charge in [0.15, 0.2) is 6.10 Å². The molecular formula is C22H23IN2O6S. The van der Waals surface area contributed by atoms with Gasteiger partial charge in [-0.1, -0.05) is 0 Å². The minimum Gasteiger partial charge on any atom is -0.508 e. The van der Waals surface area contributed by atoms with Crippen LogP contribution in [0.4, 0.5) is 10.5 Å². The van der Waals surface area contributed by atoms with Crippen LogP contribution in [0.2, 0.25) is 0 Å². The minimum atomic E-state index is -0.974. The smallest absolute Gasteiger partial charge is 0.412 e. The fraction of sp³-hybridized carbons (Fsp3) is 0.318. The summed E-state index contributed by atoms with van der Waals surface area (Å²) in [6, 6.07) is 13.2. The van der Waals surface area contributed by atoms with Gasteiger partial charge in [-0.2, -0.15) is 17.9 Å². The van der Waals surface area contributed by atoms with Gasteiger partial charge in [0, 0.05) is 27.8 Å². The molecule has 0 aliphatic carbocycles. The molecule has 0 aromatic heterocycles. The van der Waals surface area contributed by atoms with E-state index in [1.54, 1.807) is 43.3 Å². The van der Waals surface area contributed by atoms with E-state index in [4.69, 9.17) is 19.5 Å². The molecule has 170 valence electrons. The van der Waals surface area contributed by atoms with Gasteiger partial charge in [-0.15, -0.1) is 0 Å². The molecule has 2 aromatic rings. The molecule has 2 aromatic carbocycles. The fourth-order valence-electron chi connectivity index (χ4n) is 2.85. The summed E-state index contributed by atoms with van der Waals surface area (Å²) in [5, 5.41) is 21.9. The second-order valence-corrected chi connectivity index (χ2v) is 8.07. The highest BCUT2D eigenvalue weighted by Crippen LogP contribution is 2.34. The Morgan fingerprint density at radius 3 is 2.59 bits per heavy atom. The summed E-state index contributed by atoms with van der Waals surface area (Å²) >= 11 is 5.96. The van der Waals surface area contributed by atoms with Crippen LogP contribution in [0.15, 0.2) is 42.5 Å². The van der Waals surface area contributed by atoms with Gasteiger partial charge in [-0.25, -0.2) is 4.79 Å². The van der Waals surface area contributed by atoms with Crippen molar-refractivity contribution in [1.29, 1.82) is 5.26 Å². The van der Waals surface area contributed by atoms with E-state index in [1.165, 1.54) is 6.07 Å². The SMILES string of the molecule is CCO[C@@H](CCOC(=O)CS)[C@@H](OC(=O)Nc1ccc(C#N)cc1)c1cc(I)ccc1O. The van der Waals surface area contributed by atoms with Crippen LogP contribution in [0, 0.1) is 14.9 Å². The molecule has 0 fully saturated rings. The van der Waals surface area contributed by atoms with Gasteiger partial charge in [0.05, 0.1) is 24.0 Å². The highest BCUT2D eigenvalue weighted by molar-refractivity contribution is 14.1. The first-order valence-electron chi connectivity index (χ1n) is 9.72. The summed E-state index contributed by atoms with van der Waals surface area (Å²) in [6.45, 7) is 2.13. The number of rotatable bonds is 10. The zero-order valence-corrected chi connectivity index (χ0v) is 20.3. The van der Waals surface area contributed by atoms with Gasteiger partial charge in [0.2, 0.25) is 0 Å². The van der Waals surface area contributed by atoms with Gasteiger partial charge in [0.25, 0.3) is 0 Å². The Morgan fingerprint density at radius 2 is 1.97 bits per heavy atom. The van der Waals surface area contributed by atoms with E-state index >= 15 is 0 Å². The Kier molecular flexibility index (Phi) is 10.6. The van der Waals surface area contributed by atoms with Gasteiger partial charge in [0.1, 0.15) is 11.9 Å². The Balaban J connectivity index is 2.25. The van der Waals surface area contributed by atoms with E-state index < -0.39 is 24.3 Å². The maximum Gasteiger partial charge on any atom is 0.412 e. The number of nitrogens with one attached hydrogen (secondary N) is 1. The Bertz CT molecular complexity index is 964. The second kappa shape index (κ2) is 13.1. The average molecular weight is 570 g/mol. The first kappa shape index (κ1) is 25.8. The van der Waals surface area contributed by atoms with Gasteiger partial charge < -0.3 is 19.3 Å². The molecule has 0 unspecified atom stereocenters. The number of benzene rings is 2. The lowest BCUT2D eigenvalue weighted by molar-refractivity contribution is -0.142. The number of anilines is 1. The average Bonchev–Trinajstić information content (AvgIpc) is 2.79. The summed E-state index contributed by atoms with van der Waals surface area (Å²) < 4.78 is 17.4. The predicted octanol–water partition coefficient (Wildman–Crippen LogP) is 4.43. The number of aromatic hydroxyl groups is 1. The molecule has 0 bridgehead atoms. The van der Waals surface area contributed by atoms with Gasteiger partial charge in [-0.3, -0.25) is 10.1 Å². The number of hydrogen-bond acceptors (Lipinski definition) is 8. The number of thiol groups is 1. The minimum absolute atomic E-state index is 0.0336. The number of carbonyl (C=O) groups excluding carboxylic acids is 2. The molecule has 8 nitrogen and oxygen atoms in total. The number of phenols is 1. The molecule has 2 atom stereocenters.